The van der Waals surface area contributed by atoms with Crippen molar-refractivity contribution in [1.29, 1.82) is 0 Å². The molecule has 0 amide bonds. The Bertz CT molecular complexity index is 1120. The maximum absolute atomic E-state index is 13.0. The maximum atomic E-state index is 13.0. The van der Waals surface area contributed by atoms with Gasteiger partial charge in [0.25, 0.3) is 0 Å². The van der Waals surface area contributed by atoms with Crippen molar-refractivity contribution in [3.8, 4) is 0 Å². The molecule has 0 saturated carbocycles. The number of para-hydroxylation sites is 1. The summed E-state index contributed by atoms with van der Waals surface area (Å²) in [6, 6.07) is 12.5. The number of hydrogen-bond donors (Lipinski definition) is 1. The number of benzene rings is 2. The highest BCUT2D eigenvalue weighted by Crippen LogP contribution is 2.32. The summed E-state index contributed by atoms with van der Waals surface area (Å²) >= 11 is 0. The van der Waals surface area contributed by atoms with Gasteiger partial charge in [0, 0.05) is 10.9 Å². The van der Waals surface area contributed by atoms with Crippen LogP contribution in [0.15, 0.2) is 64.4 Å². The van der Waals surface area contributed by atoms with E-state index in [0.717, 1.165) is 17.7 Å². The first-order valence-electron chi connectivity index (χ1n) is 7.61. The molecule has 4 aromatic rings. The Hall–Kier alpha value is -3.42. The second-order valence-corrected chi connectivity index (χ2v) is 5.45. The van der Waals surface area contributed by atoms with Crippen LogP contribution in [0.25, 0.3) is 22.1 Å². The average Bonchev–Trinajstić information content (AvgIpc) is 3.01. The SMILES string of the molecule is FC(F)(F)c1ccccc1/C=N\Nc1ncnc2c1oc1ccccc12. The number of hydrazone groups is 1. The van der Waals surface area contributed by atoms with E-state index in [1.54, 1.807) is 6.07 Å². The van der Waals surface area contributed by atoms with Gasteiger partial charge in [-0.15, -0.1) is 0 Å². The Balaban J connectivity index is 1.68. The molecule has 1 N–H and O–H groups in total. The first-order valence-corrected chi connectivity index (χ1v) is 7.61. The highest BCUT2D eigenvalue weighted by Gasteiger charge is 2.32. The van der Waals surface area contributed by atoms with Crippen molar-refractivity contribution in [2.24, 2.45) is 5.10 Å². The molecule has 0 fully saturated rings. The molecule has 130 valence electrons. The van der Waals surface area contributed by atoms with Gasteiger partial charge < -0.3 is 4.42 Å². The molecule has 0 spiro atoms. The molecule has 0 atom stereocenters. The standard InChI is InChI=1S/C18H11F3N4O/c19-18(20,21)13-7-3-1-5-11(13)9-24-25-17-16-15(22-10-23-17)12-6-2-4-8-14(12)26-16/h1-10H,(H,22,23,25)/b24-9-. The topological polar surface area (TPSA) is 63.3 Å². The largest absolute Gasteiger partial charge is 0.450 e. The van der Waals surface area contributed by atoms with Crippen LogP contribution >= 0.6 is 0 Å². The Labute approximate surface area is 145 Å². The third-order valence-electron chi connectivity index (χ3n) is 3.80. The molecule has 0 aliphatic carbocycles. The highest BCUT2D eigenvalue weighted by atomic mass is 19.4. The molecule has 2 aromatic heterocycles. The Morgan fingerprint density at radius 3 is 2.62 bits per heavy atom. The minimum absolute atomic E-state index is 0.0533. The zero-order valence-electron chi connectivity index (χ0n) is 13.2. The smallest absolute Gasteiger partial charge is 0.417 e. The second kappa shape index (κ2) is 6.14. The van der Waals surface area contributed by atoms with Crippen molar-refractivity contribution in [3.63, 3.8) is 0 Å². The third-order valence-corrected chi connectivity index (χ3v) is 3.80. The third kappa shape index (κ3) is 2.85. The molecule has 5 nitrogen and oxygen atoms in total. The fraction of sp³-hybridized carbons (Fsp3) is 0.0556. The molecular weight excluding hydrogens is 345 g/mol. The van der Waals surface area contributed by atoms with E-state index in [0.29, 0.717) is 16.7 Å². The summed E-state index contributed by atoms with van der Waals surface area (Å²) in [5.74, 6) is 0.270. The lowest BCUT2D eigenvalue weighted by atomic mass is 10.1. The van der Waals surface area contributed by atoms with Crippen molar-refractivity contribution >= 4 is 34.1 Å². The molecule has 2 aromatic carbocycles. The van der Waals surface area contributed by atoms with Crippen molar-refractivity contribution < 1.29 is 17.6 Å². The molecule has 8 heteroatoms. The Kier molecular flexibility index (Phi) is 3.80. The minimum atomic E-state index is -4.45. The average molecular weight is 356 g/mol. The zero-order valence-corrected chi connectivity index (χ0v) is 13.2. The maximum Gasteiger partial charge on any atom is 0.417 e. The first-order chi connectivity index (χ1) is 12.5. The summed E-state index contributed by atoms with van der Waals surface area (Å²) < 4.78 is 44.7. The van der Waals surface area contributed by atoms with Crippen molar-refractivity contribution in [2.75, 3.05) is 5.43 Å². The molecule has 0 aliphatic rings. The van der Waals surface area contributed by atoms with Crippen LogP contribution in [0.5, 0.6) is 0 Å². The van der Waals surface area contributed by atoms with Gasteiger partial charge in [-0.3, -0.25) is 5.43 Å². The molecule has 0 bridgehead atoms. The van der Waals surface area contributed by atoms with E-state index in [1.165, 1.54) is 24.5 Å². The van der Waals surface area contributed by atoms with Gasteiger partial charge in [0.1, 0.15) is 17.4 Å². The molecule has 4 rings (SSSR count). The van der Waals surface area contributed by atoms with Gasteiger partial charge >= 0.3 is 6.18 Å². The summed E-state index contributed by atoms with van der Waals surface area (Å²) in [6.45, 7) is 0. The number of nitrogens with zero attached hydrogens (tertiary/aromatic N) is 3. The lowest BCUT2D eigenvalue weighted by molar-refractivity contribution is -0.137. The van der Waals surface area contributed by atoms with Crippen LogP contribution in [0, 0.1) is 0 Å². The van der Waals surface area contributed by atoms with E-state index in [-0.39, 0.29) is 11.4 Å². The lowest BCUT2D eigenvalue weighted by Crippen LogP contribution is -2.09. The van der Waals surface area contributed by atoms with Gasteiger partial charge in [0.05, 0.1) is 11.8 Å². The van der Waals surface area contributed by atoms with E-state index in [1.807, 2.05) is 18.2 Å². The van der Waals surface area contributed by atoms with Crippen LogP contribution in [0.3, 0.4) is 0 Å². The van der Waals surface area contributed by atoms with E-state index in [2.05, 4.69) is 20.5 Å². The van der Waals surface area contributed by atoms with Crippen LogP contribution < -0.4 is 5.43 Å². The summed E-state index contributed by atoms with van der Waals surface area (Å²) in [4.78, 5) is 8.25. The number of rotatable bonds is 3. The quantitative estimate of drug-likeness (QED) is 0.421. The molecular formula is C18H11F3N4O. The summed E-state index contributed by atoms with van der Waals surface area (Å²) in [6.07, 6.45) is -2.02. The van der Waals surface area contributed by atoms with Gasteiger partial charge in [0.15, 0.2) is 11.4 Å². The van der Waals surface area contributed by atoms with E-state index < -0.39 is 11.7 Å². The monoisotopic (exact) mass is 356 g/mol. The second-order valence-electron chi connectivity index (χ2n) is 5.45. The Morgan fingerprint density at radius 2 is 1.77 bits per heavy atom. The zero-order chi connectivity index (χ0) is 18.1. The fourth-order valence-corrected chi connectivity index (χ4v) is 2.63. The summed E-state index contributed by atoms with van der Waals surface area (Å²) in [7, 11) is 0. The predicted octanol–water partition coefficient (Wildman–Crippen LogP) is 4.84. The molecule has 0 radical (unpaired) electrons. The van der Waals surface area contributed by atoms with Crippen LogP contribution in [0.1, 0.15) is 11.1 Å². The van der Waals surface area contributed by atoms with Crippen molar-refractivity contribution in [2.45, 2.75) is 6.18 Å². The van der Waals surface area contributed by atoms with Crippen LogP contribution in [-0.2, 0) is 6.18 Å². The molecule has 0 aliphatic heterocycles. The van der Waals surface area contributed by atoms with Gasteiger partial charge in [0.2, 0.25) is 0 Å². The number of hydrogen-bond acceptors (Lipinski definition) is 5. The highest BCUT2D eigenvalue weighted by molar-refractivity contribution is 6.05. The van der Waals surface area contributed by atoms with Gasteiger partial charge in [-0.1, -0.05) is 30.3 Å². The normalized spacial score (nSPS) is 12.3. The van der Waals surface area contributed by atoms with Gasteiger partial charge in [-0.25, -0.2) is 9.97 Å². The van der Waals surface area contributed by atoms with E-state index >= 15 is 0 Å². The number of alkyl halides is 3. The molecule has 2 heterocycles. The number of halogens is 3. The molecule has 26 heavy (non-hydrogen) atoms. The number of aromatic nitrogens is 2. The van der Waals surface area contributed by atoms with Crippen LogP contribution in [-0.4, -0.2) is 16.2 Å². The first kappa shape index (κ1) is 16.1. The molecule has 0 unspecified atom stereocenters. The Morgan fingerprint density at radius 1 is 1.00 bits per heavy atom. The number of furan rings is 1. The fourth-order valence-electron chi connectivity index (χ4n) is 2.63. The van der Waals surface area contributed by atoms with Gasteiger partial charge in [-0.05, 0) is 18.2 Å². The van der Waals surface area contributed by atoms with Crippen LogP contribution in [0.2, 0.25) is 0 Å². The lowest BCUT2D eigenvalue weighted by Gasteiger charge is -2.09. The van der Waals surface area contributed by atoms with Crippen molar-refractivity contribution in [1.82, 2.24) is 9.97 Å². The van der Waals surface area contributed by atoms with Crippen molar-refractivity contribution in [3.05, 3.63) is 66.0 Å². The number of fused-ring (bicyclic) bond motifs is 3. The minimum Gasteiger partial charge on any atom is -0.450 e. The van der Waals surface area contributed by atoms with E-state index in [9.17, 15) is 13.2 Å². The summed E-state index contributed by atoms with van der Waals surface area (Å²) in [5.41, 5.74) is 3.44. The predicted molar refractivity (Wildman–Crippen MR) is 92.0 cm³/mol. The van der Waals surface area contributed by atoms with Gasteiger partial charge in [-0.2, -0.15) is 18.3 Å². The number of nitrogens with one attached hydrogen (secondary N) is 1. The van der Waals surface area contributed by atoms with E-state index in [4.69, 9.17) is 4.42 Å². The van der Waals surface area contributed by atoms with Crippen LogP contribution in [0.4, 0.5) is 19.0 Å². The summed E-state index contributed by atoms with van der Waals surface area (Å²) in [5, 5.41) is 4.70. The molecule has 0 saturated heterocycles. The number of anilines is 1.